The van der Waals surface area contributed by atoms with Gasteiger partial charge >= 0.3 is 0 Å². The molecule has 0 radical (unpaired) electrons. The molecule has 0 fully saturated rings. The first-order valence-electron chi connectivity index (χ1n) is 5.72. The minimum atomic E-state index is -0.0940. The summed E-state index contributed by atoms with van der Waals surface area (Å²) < 4.78 is 5.47. The molecule has 0 bridgehead atoms. The van der Waals surface area contributed by atoms with E-state index < -0.39 is 0 Å². The van der Waals surface area contributed by atoms with E-state index in [-0.39, 0.29) is 5.91 Å². The lowest BCUT2D eigenvalue weighted by molar-refractivity contribution is -0.116. The number of carbonyl (C=O) groups excluding carboxylic acids is 1. The highest BCUT2D eigenvalue weighted by atomic mass is 16.5. The highest BCUT2D eigenvalue weighted by Crippen LogP contribution is 2.11. The molecular formula is C13H15N3O2. The van der Waals surface area contributed by atoms with Crippen molar-refractivity contribution in [2.45, 2.75) is 13.3 Å². The van der Waals surface area contributed by atoms with Gasteiger partial charge in [-0.3, -0.25) is 9.89 Å². The Morgan fingerprint density at radius 1 is 1.39 bits per heavy atom. The van der Waals surface area contributed by atoms with E-state index >= 15 is 0 Å². The lowest BCUT2D eigenvalue weighted by atomic mass is 10.2. The fourth-order valence-corrected chi connectivity index (χ4v) is 1.44. The summed E-state index contributed by atoms with van der Waals surface area (Å²) >= 11 is 0. The Balaban J connectivity index is 1.72. The van der Waals surface area contributed by atoms with Crippen LogP contribution in [0.15, 0.2) is 36.7 Å². The summed E-state index contributed by atoms with van der Waals surface area (Å²) in [7, 11) is 0. The highest BCUT2D eigenvalue weighted by molar-refractivity contribution is 5.90. The SMILES string of the molecule is Cc1ccc(OCCC(=O)Nc2cn[nH]c2)cc1. The second kappa shape index (κ2) is 5.86. The average Bonchev–Trinajstić information content (AvgIpc) is 2.84. The first-order valence-corrected chi connectivity index (χ1v) is 5.72. The zero-order valence-electron chi connectivity index (χ0n) is 10.1. The third-order valence-electron chi connectivity index (χ3n) is 2.40. The molecule has 18 heavy (non-hydrogen) atoms. The maximum Gasteiger partial charge on any atom is 0.227 e. The third-order valence-corrected chi connectivity index (χ3v) is 2.40. The van der Waals surface area contributed by atoms with Gasteiger partial charge in [-0.15, -0.1) is 0 Å². The number of nitrogens with one attached hydrogen (secondary N) is 2. The number of aryl methyl sites for hydroxylation is 1. The molecule has 5 nitrogen and oxygen atoms in total. The van der Waals surface area contributed by atoms with Crippen molar-refractivity contribution in [3.05, 3.63) is 42.2 Å². The molecule has 0 unspecified atom stereocenters. The molecule has 0 saturated heterocycles. The van der Waals surface area contributed by atoms with Gasteiger partial charge in [0.15, 0.2) is 0 Å². The Hall–Kier alpha value is -2.30. The van der Waals surface area contributed by atoms with Gasteiger partial charge in [0, 0.05) is 6.20 Å². The molecule has 0 aliphatic carbocycles. The predicted molar refractivity (Wildman–Crippen MR) is 68.5 cm³/mol. The smallest absolute Gasteiger partial charge is 0.227 e. The maximum absolute atomic E-state index is 11.5. The largest absolute Gasteiger partial charge is 0.493 e. The van der Waals surface area contributed by atoms with Gasteiger partial charge in [0.2, 0.25) is 5.91 Å². The van der Waals surface area contributed by atoms with Crippen molar-refractivity contribution in [1.82, 2.24) is 10.2 Å². The van der Waals surface area contributed by atoms with E-state index in [1.54, 1.807) is 12.4 Å². The van der Waals surface area contributed by atoms with Crippen LogP contribution in [-0.2, 0) is 4.79 Å². The number of aromatic nitrogens is 2. The van der Waals surface area contributed by atoms with E-state index in [0.717, 1.165) is 5.75 Å². The summed E-state index contributed by atoms with van der Waals surface area (Å²) in [6, 6.07) is 7.73. The monoisotopic (exact) mass is 245 g/mol. The van der Waals surface area contributed by atoms with Crippen molar-refractivity contribution < 1.29 is 9.53 Å². The number of nitrogens with zero attached hydrogens (tertiary/aromatic N) is 1. The Kier molecular flexibility index (Phi) is 3.96. The van der Waals surface area contributed by atoms with Crippen LogP contribution in [0.4, 0.5) is 5.69 Å². The number of hydrogen-bond acceptors (Lipinski definition) is 3. The quantitative estimate of drug-likeness (QED) is 0.848. The number of carbonyl (C=O) groups is 1. The average molecular weight is 245 g/mol. The summed E-state index contributed by atoms with van der Waals surface area (Å²) in [5, 5.41) is 9.07. The van der Waals surface area contributed by atoms with E-state index in [9.17, 15) is 4.79 Å². The van der Waals surface area contributed by atoms with Crippen LogP contribution >= 0.6 is 0 Å². The molecule has 2 rings (SSSR count). The predicted octanol–water partition coefficient (Wildman–Crippen LogP) is 2.13. The Labute approximate surface area is 105 Å². The van der Waals surface area contributed by atoms with Gasteiger partial charge < -0.3 is 10.1 Å². The first kappa shape index (κ1) is 12.2. The van der Waals surface area contributed by atoms with E-state index in [1.807, 2.05) is 31.2 Å². The van der Waals surface area contributed by atoms with E-state index in [4.69, 9.17) is 4.74 Å². The molecule has 1 aromatic heterocycles. The zero-order chi connectivity index (χ0) is 12.8. The summed E-state index contributed by atoms with van der Waals surface area (Å²) in [5.74, 6) is 0.681. The molecule has 94 valence electrons. The standard InChI is InChI=1S/C13H15N3O2/c1-10-2-4-12(5-3-10)18-7-6-13(17)16-11-8-14-15-9-11/h2-5,8-9H,6-7H2,1H3,(H,14,15)(H,16,17). The fourth-order valence-electron chi connectivity index (χ4n) is 1.44. The van der Waals surface area contributed by atoms with Gasteiger partial charge in [-0.25, -0.2) is 0 Å². The zero-order valence-corrected chi connectivity index (χ0v) is 10.1. The van der Waals surface area contributed by atoms with Crippen LogP contribution in [0, 0.1) is 6.92 Å². The van der Waals surface area contributed by atoms with Gasteiger partial charge in [0.05, 0.1) is 24.9 Å². The van der Waals surface area contributed by atoms with E-state index in [2.05, 4.69) is 15.5 Å². The number of amides is 1. The molecule has 5 heteroatoms. The van der Waals surface area contributed by atoms with Crippen LogP contribution in [0.3, 0.4) is 0 Å². The molecular weight excluding hydrogens is 230 g/mol. The lowest BCUT2D eigenvalue weighted by Crippen LogP contribution is -2.14. The van der Waals surface area contributed by atoms with Crippen LogP contribution in [0.25, 0.3) is 0 Å². The number of rotatable bonds is 5. The van der Waals surface area contributed by atoms with Gasteiger partial charge in [0.25, 0.3) is 0 Å². The van der Waals surface area contributed by atoms with Crippen LogP contribution in [0.1, 0.15) is 12.0 Å². The summed E-state index contributed by atoms with van der Waals surface area (Å²) in [4.78, 5) is 11.5. The Morgan fingerprint density at radius 3 is 2.83 bits per heavy atom. The number of ether oxygens (including phenoxy) is 1. The molecule has 2 N–H and O–H groups in total. The van der Waals surface area contributed by atoms with Crippen molar-refractivity contribution in [2.24, 2.45) is 0 Å². The number of benzene rings is 1. The second-order valence-corrected chi connectivity index (χ2v) is 3.95. The van der Waals surface area contributed by atoms with Crippen molar-refractivity contribution in [3.8, 4) is 5.75 Å². The number of H-pyrrole nitrogens is 1. The molecule has 1 heterocycles. The van der Waals surface area contributed by atoms with Crippen molar-refractivity contribution >= 4 is 11.6 Å². The van der Waals surface area contributed by atoms with Crippen molar-refractivity contribution in [2.75, 3.05) is 11.9 Å². The van der Waals surface area contributed by atoms with Gasteiger partial charge in [-0.05, 0) is 19.1 Å². The molecule has 0 aliphatic rings. The van der Waals surface area contributed by atoms with Gasteiger partial charge in [-0.2, -0.15) is 5.10 Å². The van der Waals surface area contributed by atoms with Crippen LogP contribution in [-0.4, -0.2) is 22.7 Å². The fraction of sp³-hybridized carbons (Fsp3) is 0.231. The molecule has 1 aromatic carbocycles. The highest BCUT2D eigenvalue weighted by Gasteiger charge is 2.03. The molecule has 0 spiro atoms. The molecule has 0 saturated carbocycles. The number of aromatic amines is 1. The van der Waals surface area contributed by atoms with Crippen LogP contribution < -0.4 is 10.1 Å². The Morgan fingerprint density at radius 2 is 2.17 bits per heavy atom. The summed E-state index contributed by atoms with van der Waals surface area (Å²) in [6.07, 6.45) is 3.48. The van der Waals surface area contributed by atoms with Gasteiger partial charge in [-0.1, -0.05) is 17.7 Å². The number of anilines is 1. The van der Waals surface area contributed by atoms with Crippen LogP contribution in [0.5, 0.6) is 5.75 Å². The molecule has 0 aliphatic heterocycles. The van der Waals surface area contributed by atoms with E-state index in [1.165, 1.54) is 5.56 Å². The van der Waals surface area contributed by atoms with Crippen molar-refractivity contribution in [1.29, 1.82) is 0 Å². The summed E-state index contributed by atoms with van der Waals surface area (Å²) in [6.45, 7) is 2.37. The number of hydrogen-bond donors (Lipinski definition) is 2. The van der Waals surface area contributed by atoms with Gasteiger partial charge in [0.1, 0.15) is 5.75 Å². The molecule has 1 amide bonds. The minimum Gasteiger partial charge on any atom is -0.493 e. The van der Waals surface area contributed by atoms with Crippen molar-refractivity contribution in [3.63, 3.8) is 0 Å². The second-order valence-electron chi connectivity index (χ2n) is 3.95. The minimum absolute atomic E-state index is 0.0940. The normalized spacial score (nSPS) is 10.1. The Bertz CT molecular complexity index is 491. The summed E-state index contributed by atoms with van der Waals surface area (Å²) in [5.41, 5.74) is 1.84. The molecule has 2 aromatic rings. The van der Waals surface area contributed by atoms with E-state index in [0.29, 0.717) is 18.7 Å². The third kappa shape index (κ3) is 3.62. The van der Waals surface area contributed by atoms with Crippen LogP contribution in [0.2, 0.25) is 0 Å². The topological polar surface area (TPSA) is 67.0 Å². The molecule has 0 atom stereocenters. The first-order chi connectivity index (χ1) is 8.74. The maximum atomic E-state index is 11.5. The lowest BCUT2D eigenvalue weighted by Gasteiger charge is -2.06.